The maximum Gasteiger partial charge on any atom is 0.0794 e. The van der Waals surface area contributed by atoms with Gasteiger partial charge in [-0.15, -0.1) is 11.3 Å². The molecule has 0 saturated carbocycles. The number of thiazole rings is 1. The molecule has 84 valence electrons. The Labute approximate surface area is 100 Å². The lowest BCUT2D eigenvalue weighted by molar-refractivity contribution is 0.922. The van der Waals surface area contributed by atoms with Crippen LogP contribution in [0.2, 0.25) is 0 Å². The molecule has 0 spiro atoms. The fourth-order valence-electron chi connectivity index (χ4n) is 1.60. The average molecular weight is 232 g/mol. The molecule has 0 fully saturated rings. The van der Waals surface area contributed by atoms with Crippen LogP contribution in [0.5, 0.6) is 0 Å². The zero-order valence-corrected chi connectivity index (χ0v) is 10.3. The van der Waals surface area contributed by atoms with Crippen molar-refractivity contribution in [2.75, 3.05) is 5.32 Å². The molecule has 0 bridgehead atoms. The van der Waals surface area contributed by atoms with E-state index in [1.807, 2.05) is 11.7 Å². The molecular formula is C13H16N2S. The number of nitrogens with one attached hydrogen (secondary N) is 1. The van der Waals surface area contributed by atoms with E-state index in [1.165, 1.54) is 22.5 Å². The lowest BCUT2D eigenvalue weighted by Crippen LogP contribution is -1.97. The van der Waals surface area contributed by atoms with Crippen LogP contribution < -0.4 is 5.32 Å². The first-order chi connectivity index (χ1) is 7.88. The smallest absolute Gasteiger partial charge is 0.0794 e. The van der Waals surface area contributed by atoms with Crippen LogP contribution in [0.3, 0.4) is 0 Å². The van der Waals surface area contributed by atoms with Crippen molar-refractivity contribution in [3.05, 3.63) is 46.4 Å². The van der Waals surface area contributed by atoms with Gasteiger partial charge in [-0.1, -0.05) is 25.5 Å². The molecule has 0 radical (unpaired) electrons. The zero-order valence-electron chi connectivity index (χ0n) is 9.44. The molecule has 2 aromatic rings. The molecule has 16 heavy (non-hydrogen) atoms. The van der Waals surface area contributed by atoms with Crippen molar-refractivity contribution >= 4 is 17.0 Å². The maximum absolute atomic E-state index is 4.05. The van der Waals surface area contributed by atoms with Crippen LogP contribution in [0.1, 0.15) is 23.8 Å². The van der Waals surface area contributed by atoms with E-state index >= 15 is 0 Å². The highest BCUT2D eigenvalue weighted by Gasteiger charge is 1.96. The summed E-state index contributed by atoms with van der Waals surface area (Å²) < 4.78 is 0. The lowest BCUT2D eigenvalue weighted by Gasteiger charge is -2.05. The van der Waals surface area contributed by atoms with Gasteiger partial charge in [0.1, 0.15) is 0 Å². The monoisotopic (exact) mass is 232 g/mol. The Balaban J connectivity index is 1.90. The van der Waals surface area contributed by atoms with Gasteiger partial charge in [0.25, 0.3) is 0 Å². The van der Waals surface area contributed by atoms with Crippen molar-refractivity contribution in [3.63, 3.8) is 0 Å². The molecule has 1 aromatic heterocycles. The van der Waals surface area contributed by atoms with Gasteiger partial charge in [-0.2, -0.15) is 0 Å². The topological polar surface area (TPSA) is 24.9 Å². The second-order valence-electron chi connectivity index (χ2n) is 3.77. The number of nitrogens with zero attached hydrogens (tertiary/aromatic N) is 1. The SMILES string of the molecule is CCCc1ccc(NCc2cncs2)cc1. The fourth-order valence-corrected chi connectivity index (χ4v) is 2.13. The molecule has 0 unspecified atom stereocenters. The van der Waals surface area contributed by atoms with E-state index in [9.17, 15) is 0 Å². The first-order valence-corrected chi connectivity index (χ1v) is 6.46. The second-order valence-corrected chi connectivity index (χ2v) is 4.74. The van der Waals surface area contributed by atoms with E-state index in [4.69, 9.17) is 0 Å². The van der Waals surface area contributed by atoms with Gasteiger partial charge in [-0.25, -0.2) is 0 Å². The minimum atomic E-state index is 0.859. The average Bonchev–Trinajstić information content (AvgIpc) is 2.82. The molecule has 2 nitrogen and oxygen atoms in total. The lowest BCUT2D eigenvalue weighted by atomic mass is 10.1. The highest BCUT2D eigenvalue weighted by atomic mass is 32.1. The molecule has 1 aromatic carbocycles. The van der Waals surface area contributed by atoms with Crippen molar-refractivity contribution in [3.8, 4) is 0 Å². The Kier molecular flexibility index (Phi) is 3.94. The Hall–Kier alpha value is -1.35. The third-order valence-corrected chi connectivity index (χ3v) is 3.22. The molecule has 0 aliphatic rings. The number of aryl methyl sites for hydroxylation is 1. The minimum Gasteiger partial charge on any atom is -0.380 e. The molecule has 0 aliphatic carbocycles. The van der Waals surface area contributed by atoms with Gasteiger partial charge in [-0.05, 0) is 24.1 Å². The van der Waals surface area contributed by atoms with Crippen molar-refractivity contribution in [1.82, 2.24) is 4.98 Å². The first-order valence-electron chi connectivity index (χ1n) is 5.58. The first kappa shape index (κ1) is 11.1. The summed E-state index contributed by atoms with van der Waals surface area (Å²) in [5, 5.41) is 3.39. The predicted molar refractivity (Wildman–Crippen MR) is 69.9 cm³/mol. The van der Waals surface area contributed by atoms with Crippen LogP contribution >= 0.6 is 11.3 Å². The summed E-state index contributed by atoms with van der Waals surface area (Å²) in [4.78, 5) is 5.31. The summed E-state index contributed by atoms with van der Waals surface area (Å²) in [5.74, 6) is 0. The standard InChI is InChI=1S/C13H16N2S/c1-2-3-11-4-6-12(7-5-11)15-9-13-8-14-10-16-13/h4-8,10,15H,2-3,9H2,1H3. The van der Waals surface area contributed by atoms with Crippen LogP contribution in [-0.2, 0) is 13.0 Å². The quantitative estimate of drug-likeness (QED) is 0.850. The molecular weight excluding hydrogens is 216 g/mol. The predicted octanol–water partition coefficient (Wildman–Crippen LogP) is 3.71. The summed E-state index contributed by atoms with van der Waals surface area (Å²) in [5.41, 5.74) is 4.44. The van der Waals surface area contributed by atoms with Crippen molar-refractivity contribution in [1.29, 1.82) is 0 Å². The van der Waals surface area contributed by atoms with Crippen molar-refractivity contribution < 1.29 is 0 Å². The second kappa shape index (κ2) is 5.66. The van der Waals surface area contributed by atoms with Crippen LogP contribution in [0, 0.1) is 0 Å². The number of hydrogen-bond donors (Lipinski definition) is 1. The van der Waals surface area contributed by atoms with Gasteiger partial charge in [0.15, 0.2) is 0 Å². The van der Waals surface area contributed by atoms with Gasteiger partial charge < -0.3 is 5.32 Å². The Morgan fingerprint density at radius 1 is 1.25 bits per heavy atom. The summed E-state index contributed by atoms with van der Waals surface area (Å²) in [6.07, 6.45) is 4.27. The minimum absolute atomic E-state index is 0.859. The normalized spacial score (nSPS) is 10.3. The molecule has 1 N–H and O–H groups in total. The molecule has 0 amide bonds. The number of hydrogen-bond acceptors (Lipinski definition) is 3. The number of anilines is 1. The van der Waals surface area contributed by atoms with E-state index in [-0.39, 0.29) is 0 Å². The molecule has 0 atom stereocenters. The van der Waals surface area contributed by atoms with Gasteiger partial charge in [0.2, 0.25) is 0 Å². The number of benzene rings is 1. The number of rotatable bonds is 5. The summed E-state index contributed by atoms with van der Waals surface area (Å²) in [7, 11) is 0. The molecule has 2 rings (SSSR count). The van der Waals surface area contributed by atoms with Crippen LogP contribution in [0.25, 0.3) is 0 Å². The number of aromatic nitrogens is 1. The van der Waals surface area contributed by atoms with Gasteiger partial charge in [0.05, 0.1) is 12.1 Å². The summed E-state index contributed by atoms with van der Waals surface area (Å²) >= 11 is 1.68. The Morgan fingerprint density at radius 2 is 2.06 bits per heavy atom. The Bertz CT molecular complexity index is 406. The Morgan fingerprint density at radius 3 is 2.69 bits per heavy atom. The van der Waals surface area contributed by atoms with E-state index in [0.29, 0.717) is 0 Å². The van der Waals surface area contributed by atoms with E-state index < -0.39 is 0 Å². The van der Waals surface area contributed by atoms with E-state index in [0.717, 1.165) is 13.0 Å². The summed E-state index contributed by atoms with van der Waals surface area (Å²) in [6, 6.07) is 8.68. The van der Waals surface area contributed by atoms with E-state index in [1.54, 1.807) is 11.3 Å². The molecule has 1 heterocycles. The maximum atomic E-state index is 4.05. The fraction of sp³-hybridized carbons (Fsp3) is 0.308. The van der Waals surface area contributed by atoms with Gasteiger partial charge in [0, 0.05) is 16.8 Å². The molecule has 0 saturated heterocycles. The highest BCUT2D eigenvalue weighted by Crippen LogP contribution is 2.13. The van der Waals surface area contributed by atoms with Crippen LogP contribution in [0.4, 0.5) is 5.69 Å². The summed E-state index contributed by atoms with van der Waals surface area (Å²) in [6.45, 7) is 3.06. The molecule has 3 heteroatoms. The van der Waals surface area contributed by atoms with Crippen molar-refractivity contribution in [2.24, 2.45) is 0 Å². The third kappa shape index (κ3) is 3.07. The van der Waals surface area contributed by atoms with Crippen molar-refractivity contribution in [2.45, 2.75) is 26.3 Å². The van der Waals surface area contributed by atoms with E-state index in [2.05, 4.69) is 41.5 Å². The highest BCUT2D eigenvalue weighted by molar-refractivity contribution is 7.09. The molecule has 0 aliphatic heterocycles. The third-order valence-electron chi connectivity index (χ3n) is 2.44. The van der Waals surface area contributed by atoms with Gasteiger partial charge in [-0.3, -0.25) is 4.98 Å². The van der Waals surface area contributed by atoms with Crippen LogP contribution in [0.15, 0.2) is 36.0 Å². The largest absolute Gasteiger partial charge is 0.380 e. The zero-order chi connectivity index (χ0) is 11.2. The van der Waals surface area contributed by atoms with Crippen LogP contribution in [-0.4, -0.2) is 4.98 Å². The van der Waals surface area contributed by atoms with Gasteiger partial charge >= 0.3 is 0 Å².